The third kappa shape index (κ3) is 3.96. The molecule has 0 aromatic heterocycles. The molecule has 0 amide bonds. The van der Waals surface area contributed by atoms with E-state index >= 15 is 0 Å². The van der Waals surface area contributed by atoms with Gasteiger partial charge < -0.3 is 10.6 Å². The van der Waals surface area contributed by atoms with Gasteiger partial charge in [0.1, 0.15) is 0 Å². The van der Waals surface area contributed by atoms with Gasteiger partial charge in [0.2, 0.25) is 0 Å². The molecular formula is C15H23N3. The van der Waals surface area contributed by atoms with Crippen molar-refractivity contribution < 1.29 is 0 Å². The van der Waals surface area contributed by atoms with E-state index in [9.17, 15) is 0 Å². The van der Waals surface area contributed by atoms with Gasteiger partial charge in [-0.1, -0.05) is 27.7 Å². The highest BCUT2D eigenvalue weighted by Gasteiger charge is 2.13. The van der Waals surface area contributed by atoms with Crippen LogP contribution in [0.3, 0.4) is 0 Å². The maximum atomic E-state index is 8.86. The number of nitrogens with two attached hydrogens (primary N) is 1. The van der Waals surface area contributed by atoms with Gasteiger partial charge in [-0.25, -0.2) is 0 Å². The molecule has 3 heteroatoms. The van der Waals surface area contributed by atoms with Crippen LogP contribution in [0.2, 0.25) is 0 Å². The summed E-state index contributed by atoms with van der Waals surface area (Å²) in [4.78, 5) is 2.31. The first-order chi connectivity index (χ1) is 8.43. The van der Waals surface area contributed by atoms with Crippen molar-refractivity contribution in [2.24, 2.45) is 11.8 Å². The van der Waals surface area contributed by atoms with E-state index in [1.165, 1.54) is 0 Å². The predicted octanol–water partition coefficient (Wildman–Crippen LogP) is 3.26. The zero-order valence-corrected chi connectivity index (χ0v) is 11.8. The van der Waals surface area contributed by atoms with Gasteiger partial charge in [-0.05, 0) is 30.0 Å². The lowest BCUT2D eigenvalue weighted by Crippen LogP contribution is -2.31. The fraction of sp³-hybridized carbons (Fsp3) is 0.533. The Kier molecular flexibility index (Phi) is 5.03. The lowest BCUT2D eigenvalue weighted by molar-refractivity contribution is 0.553. The Morgan fingerprint density at radius 1 is 1.17 bits per heavy atom. The summed E-state index contributed by atoms with van der Waals surface area (Å²) in [6.07, 6.45) is 0. The van der Waals surface area contributed by atoms with Gasteiger partial charge in [-0.2, -0.15) is 5.26 Å². The largest absolute Gasteiger partial charge is 0.397 e. The van der Waals surface area contributed by atoms with Gasteiger partial charge in [0.25, 0.3) is 0 Å². The summed E-state index contributed by atoms with van der Waals surface area (Å²) < 4.78 is 0. The topological polar surface area (TPSA) is 53.0 Å². The van der Waals surface area contributed by atoms with E-state index in [1.807, 2.05) is 12.1 Å². The minimum absolute atomic E-state index is 0.582. The quantitative estimate of drug-likeness (QED) is 0.810. The smallest absolute Gasteiger partial charge is 0.0992 e. The minimum atomic E-state index is 0.582. The van der Waals surface area contributed by atoms with E-state index < -0.39 is 0 Å². The van der Waals surface area contributed by atoms with Crippen LogP contribution in [0.15, 0.2) is 18.2 Å². The molecule has 0 atom stereocenters. The van der Waals surface area contributed by atoms with Crippen molar-refractivity contribution in [2.45, 2.75) is 27.7 Å². The van der Waals surface area contributed by atoms with Gasteiger partial charge in [-0.15, -0.1) is 0 Å². The lowest BCUT2D eigenvalue weighted by Gasteiger charge is -2.29. The van der Waals surface area contributed by atoms with Crippen molar-refractivity contribution in [1.29, 1.82) is 5.26 Å². The van der Waals surface area contributed by atoms with Crippen molar-refractivity contribution in [2.75, 3.05) is 23.7 Å². The maximum Gasteiger partial charge on any atom is 0.0992 e. The second-order valence-electron chi connectivity index (χ2n) is 5.58. The second kappa shape index (κ2) is 6.30. The summed E-state index contributed by atoms with van der Waals surface area (Å²) >= 11 is 0. The van der Waals surface area contributed by atoms with Crippen LogP contribution in [0, 0.1) is 23.2 Å². The molecule has 0 aliphatic carbocycles. The molecule has 0 heterocycles. The fourth-order valence-corrected chi connectivity index (χ4v) is 2.06. The minimum Gasteiger partial charge on any atom is -0.397 e. The molecule has 0 radical (unpaired) electrons. The third-order valence-corrected chi connectivity index (χ3v) is 2.67. The molecule has 1 aromatic carbocycles. The number of nitriles is 1. The third-order valence-electron chi connectivity index (χ3n) is 2.67. The molecule has 0 saturated heterocycles. The number of anilines is 2. The van der Waals surface area contributed by atoms with Crippen LogP contribution in [0.25, 0.3) is 0 Å². The number of nitrogen functional groups attached to an aromatic ring is 1. The molecule has 0 fully saturated rings. The van der Waals surface area contributed by atoms with E-state index in [4.69, 9.17) is 11.0 Å². The molecule has 98 valence electrons. The molecule has 2 N–H and O–H groups in total. The maximum absolute atomic E-state index is 8.86. The molecule has 18 heavy (non-hydrogen) atoms. The number of benzene rings is 1. The van der Waals surface area contributed by atoms with Crippen molar-refractivity contribution in [1.82, 2.24) is 0 Å². The van der Waals surface area contributed by atoms with E-state index in [0.717, 1.165) is 18.8 Å². The van der Waals surface area contributed by atoms with Crippen LogP contribution < -0.4 is 10.6 Å². The number of hydrogen-bond acceptors (Lipinski definition) is 3. The molecule has 0 bridgehead atoms. The van der Waals surface area contributed by atoms with Crippen molar-refractivity contribution >= 4 is 11.4 Å². The molecule has 0 spiro atoms. The van der Waals surface area contributed by atoms with E-state index in [2.05, 4.69) is 38.7 Å². The first-order valence-corrected chi connectivity index (χ1v) is 6.48. The summed E-state index contributed by atoms with van der Waals surface area (Å²) in [5.41, 5.74) is 8.40. The van der Waals surface area contributed by atoms with Crippen LogP contribution in [0.1, 0.15) is 33.3 Å². The van der Waals surface area contributed by atoms with Crippen LogP contribution >= 0.6 is 0 Å². The molecule has 1 aromatic rings. The monoisotopic (exact) mass is 245 g/mol. The summed E-state index contributed by atoms with van der Waals surface area (Å²) in [5.74, 6) is 1.16. The molecule has 0 unspecified atom stereocenters. The lowest BCUT2D eigenvalue weighted by atomic mass is 10.1. The standard InChI is InChI=1S/C15H23N3/c1-11(2)9-18(10-12(3)4)15-6-5-13(8-16)7-14(15)17/h5-7,11-12H,9-10,17H2,1-4H3. The Morgan fingerprint density at radius 2 is 1.72 bits per heavy atom. The van der Waals surface area contributed by atoms with Gasteiger partial charge >= 0.3 is 0 Å². The summed E-state index contributed by atoms with van der Waals surface area (Å²) in [7, 11) is 0. The fourth-order valence-electron chi connectivity index (χ4n) is 2.06. The van der Waals surface area contributed by atoms with E-state index in [-0.39, 0.29) is 0 Å². The SMILES string of the molecule is CC(C)CN(CC(C)C)c1ccc(C#N)cc1N. The van der Waals surface area contributed by atoms with Crippen LogP contribution in [0.4, 0.5) is 11.4 Å². The zero-order chi connectivity index (χ0) is 13.7. The second-order valence-corrected chi connectivity index (χ2v) is 5.58. The Labute approximate surface area is 110 Å². The van der Waals surface area contributed by atoms with E-state index in [0.29, 0.717) is 23.1 Å². The number of rotatable bonds is 5. The highest BCUT2D eigenvalue weighted by molar-refractivity contribution is 5.69. The molecule has 0 aliphatic heterocycles. The van der Waals surface area contributed by atoms with Crippen molar-refractivity contribution in [3.05, 3.63) is 23.8 Å². The Morgan fingerprint density at radius 3 is 2.11 bits per heavy atom. The zero-order valence-electron chi connectivity index (χ0n) is 11.8. The van der Waals surface area contributed by atoms with Crippen LogP contribution in [-0.2, 0) is 0 Å². The summed E-state index contributed by atoms with van der Waals surface area (Å²) in [5, 5.41) is 8.86. The normalized spacial score (nSPS) is 10.7. The van der Waals surface area contributed by atoms with Crippen LogP contribution in [-0.4, -0.2) is 13.1 Å². The summed E-state index contributed by atoms with van der Waals surface area (Å²) in [6.45, 7) is 10.8. The van der Waals surface area contributed by atoms with Gasteiger partial charge in [0.15, 0.2) is 0 Å². The first kappa shape index (κ1) is 14.4. The Bertz CT molecular complexity index is 420. The first-order valence-electron chi connectivity index (χ1n) is 6.48. The van der Waals surface area contributed by atoms with Gasteiger partial charge in [-0.3, -0.25) is 0 Å². The summed E-state index contributed by atoms with van der Waals surface area (Å²) in [6, 6.07) is 7.66. The predicted molar refractivity (Wildman–Crippen MR) is 77.5 cm³/mol. The van der Waals surface area contributed by atoms with Crippen LogP contribution in [0.5, 0.6) is 0 Å². The Balaban J connectivity index is 3.01. The average molecular weight is 245 g/mol. The molecule has 0 aliphatic rings. The van der Waals surface area contributed by atoms with Gasteiger partial charge in [0.05, 0.1) is 23.0 Å². The number of nitrogens with zero attached hydrogens (tertiary/aromatic N) is 2. The molecule has 0 saturated carbocycles. The van der Waals surface area contributed by atoms with E-state index in [1.54, 1.807) is 6.07 Å². The highest BCUT2D eigenvalue weighted by atomic mass is 15.1. The molecular weight excluding hydrogens is 222 g/mol. The molecule has 1 rings (SSSR count). The van der Waals surface area contributed by atoms with Crippen molar-refractivity contribution in [3.8, 4) is 6.07 Å². The van der Waals surface area contributed by atoms with Crippen molar-refractivity contribution in [3.63, 3.8) is 0 Å². The number of hydrogen-bond donors (Lipinski definition) is 1. The highest BCUT2D eigenvalue weighted by Crippen LogP contribution is 2.26. The molecule has 3 nitrogen and oxygen atoms in total. The van der Waals surface area contributed by atoms with Gasteiger partial charge in [0, 0.05) is 13.1 Å². The Hall–Kier alpha value is -1.69. The average Bonchev–Trinajstić information content (AvgIpc) is 2.26.